The summed E-state index contributed by atoms with van der Waals surface area (Å²) in [4.78, 5) is 12.1. The van der Waals surface area contributed by atoms with E-state index in [-0.39, 0.29) is 11.9 Å². The summed E-state index contributed by atoms with van der Waals surface area (Å²) in [6.45, 7) is 3.38. The van der Waals surface area contributed by atoms with Gasteiger partial charge in [0.1, 0.15) is 5.78 Å². The number of ether oxygens (including phenoxy) is 1. The predicted molar refractivity (Wildman–Crippen MR) is 75.9 cm³/mol. The molecule has 0 saturated heterocycles. The number of benzene rings is 1. The predicted octanol–water partition coefficient (Wildman–Crippen LogP) is 2.63. The Balaban J connectivity index is 1.99. The minimum absolute atomic E-state index is 0.0623. The van der Waals surface area contributed by atoms with Gasteiger partial charge >= 0.3 is 0 Å². The zero-order valence-electron chi connectivity index (χ0n) is 11.6. The van der Waals surface area contributed by atoms with Crippen LogP contribution in [0.3, 0.4) is 0 Å². The number of fused-ring (bicyclic) bond motifs is 1. The SMILES string of the molecule is CCC(CN)CC(=O)CC1OCCc2ccccc21. The van der Waals surface area contributed by atoms with Crippen LogP contribution in [0.25, 0.3) is 0 Å². The van der Waals surface area contributed by atoms with Gasteiger partial charge < -0.3 is 10.5 Å². The maximum atomic E-state index is 12.1. The monoisotopic (exact) mass is 261 g/mol. The third kappa shape index (κ3) is 3.64. The number of nitrogens with two attached hydrogens (primary N) is 1. The van der Waals surface area contributed by atoms with Gasteiger partial charge in [0.15, 0.2) is 0 Å². The fourth-order valence-electron chi connectivity index (χ4n) is 2.65. The number of carbonyl (C=O) groups is 1. The standard InChI is InChI=1S/C16H23NO2/c1-2-12(11-17)9-14(18)10-16-15-6-4-3-5-13(15)7-8-19-16/h3-6,12,16H,2,7-11,17H2,1H3. The Hall–Kier alpha value is -1.19. The normalized spacial score (nSPS) is 19.8. The summed E-state index contributed by atoms with van der Waals surface area (Å²) in [5, 5.41) is 0. The van der Waals surface area contributed by atoms with Crippen LogP contribution >= 0.6 is 0 Å². The molecule has 2 atom stereocenters. The largest absolute Gasteiger partial charge is 0.373 e. The fraction of sp³-hybridized carbons (Fsp3) is 0.562. The molecule has 2 rings (SSSR count). The molecule has 0 fully saturated rings. The van der Waals surface area contributed by atoms with Gasteiger partial charge in [0.05, 0.1) is 12.7 Å². The highest BCUT2D eigenvalue weighted by atomic mass is 16.5. The van der Waals surface area contributed by atoms with E-state index in [1.54, 1.807) is 0 Å². The Morgan fingerprint density at radius 2 is 2.26 bits per heavy atom. The topological polar surface area (TPSA) is 52.3 Å². The lowest BCUT2D eigenvalue weighted by Gasteiger charge is -2.26. The lowest BCUT2D eigenvalue weighted by molar-refractivity contribution is -0.123. The molecular weight excluding hydrogens is 238 g/mol. The third-order valence-corrected chi connectivity index (χ3v) is 3.93. The second kappa shape index (κ2) is 6.83. The van der Waals surface area contributed by atoms with Gasteiger partial charge in [-0.15, -0.1) is 0 Å². The molecule has 1 aromatic carbocycles. The van der Waals surface area contributed by atoms with Gasteiger partial charge in [-0.1, -0.05) is 37.6 Å². The molecule has 1 aromatic rings. The van der Waals surface area contributed by atoms with Crippen molar-refractivity contribution >= 4 is 5.78 Å². The summed E-state index contributed by atoms with van der Waals surface area (Å²) < 4.78 is 5.77. The van der Waals surface area contributed by atoms with E-state index in [0.717, 1.165) is 12.8 Å². The Morgan fingerprint density at radius 1 is 1.47 bits per heavy atom. The third-order valence-electron chi connectivity index (χ3n) is 3.93. The minimum Gasteiger partial charge on any atom is -0.373 e. The Kier molecular flexibility index (Phi) is 5.11. The summed E-state index contributed by atoms with van der Waals surface area (Å²) in [5.41, 5.74) is 8.16. The first-order chi connectivity index (χ1) is 9.24. The molecular formula is C16H23NO2. The summed E-state index contributed by atoms with van der Waals surface area (Å²) in [7, 11) is 0. The van der Waals surface area contributed by atoms with Crippen molar-refractivity contribution in [1.29, 1.82) is 0 Å². The molecule has 2 N–H and O–H groups in total. The van der Waals surface area contributed by atoms with Crippen molar-refractivity contribution in [1.82, 2.24) is 0 Å². The lowest BCUT2D eigenvalue weighted by Crippen LogP contribution is -2.22. The number of hydrogen-bond acceptors (Lipinski definition) is 3. The van der Waals surface area contributed by atoms with E-state index in [4.69, 9.17) is 10.5 Å². The summed E-state index contributed by atoms with van der Waals surface area (Å²) >= 11 is 0. The van der Waals surface area contributed by atoms with Crippen LogP contribution in [0.1, 0.15) is 43.4 Å². The van der Waals surface area contributed by atoms with Crippen molar-refractivity contribution in [2.75, 3.05) is 13.2 Å². The quantitative estimate of drug-likeness (QED) is 0.856. The number of rotatable bonds is 6. The van der Waals surface area contributed by atoms with Crippen molar-refractivity contribution in [3.8, 4) is 0 Å². The summed E-state index contributed by atoms with van der Waals surface area (Å²) in [5.74, 6) is 0.574. The average Bonchev–Trinajstić information content (AvgIpc) is 2.45. The molecule has 1 aliphatic heterocycles. The molecule has 0 spiro atoms. The molecule has 104 valence electrons. The smallest absolute Gasteiger partial charge is 0.136 e. The van der Waals surface area contributed by atoms with Crippen LogP contribution in [0.15, 0.2) is 24.3 Å². The number of ketones is 1. The summed E-state index contributed by atoms with van der Waals surface area (Å²) in [6, 6.07) is 8.26. The van der Waals surface area contributed by atoms with Crippen molar-refractivity contribution in [2.45, 2.75) is 38.7 Å². The van der Waals surface area contributed by atoms with Crippen LogP contribution in [0, 0.1) is 5.92 Å². The van der Waals surface area contributed by atoms with Crippen molar-refractivity contribution in [3.05, 3.63) is 35.4 Å². The second-order valence-corrected chi connectivity index (χ2v) is 5.27. The number of carbonyl (C=O) groups excluding carboxylic acids is 1. The molecule has 1 aliphatic rings. The average molecular weight is 261 g/mol. The molecule has 1 heterocycles. The van der Waals surface area contributed by atoms with Crippen LogP contribution in [-0.4, -0.2) is 18.9 Å². The highest BCUT2D eigenvalue weighted by Gasteiger charge is 2.23. The maximum absolute atomic E-state index is 12.1. The van der Waals surface area contributed by atoms with Crippen molar-refractivity contribution in [2.24, 2.45) is 11.7 Å². The molecule has 0 aliphatic carbocycles. The first-order valence-electron chi connectivity index (χ1n) is 7.15. The van der Waals surface area contributed by atoms with Crippen molar-refractivity contribution < 1.29 is 9.53 Å². The summed E-state index contributed by atoms with van der Waals surface area (Å²) in [6.07, 6.45) is 2.90. The van der Waals surface area contributed by atoms with Gasteiger partial charge in [0, 0.05) is 12.8 Å². The molecule has 19 heavy (non-hydrogen) atoms. The molecule has 2 unspecified atom stereocenters. The fourth-order valence-corrected chi connectivity index (χ4v) is 2.65. The van der Waals surface area contributed by atoms with E-state index >= 15 is 0 Å². The molecule has 0 aromatic heterocycles. The first-order valence-corrected chi connectivity index (χ1v) is 7.15. The highest BCUT2D eigenvalue weighted by Crippen LogP contribution is 2.30. The number of Topliss-reactive ketones (excluding diaryl/α,β-unsaturated/α-hetero) is 1. The van der Waals surface area contributed by atoms with E-state index in [1.165, 1.54) is 11.1 Å². The molecule has 0 radical (unpaired) electrons. The Morgan fingerprint density at radius 3 is 3.00 bits per heavy atom. The van der Waals surface area contributed by atoms with Gasteiger partial charge in [0.2, 0.25) is 0 Å². The Labute approximate surface area is 115 Å². The molecule has 0 saturated carbocycles. The van der Waals surface area contributed by atoms with E-state index in [9.17, 15) is 4.79 Å². The lowest BCUT2D eigenvalue weighted by atomic mass is 9.91. The van der Waals surface area contributed by atoms with Crippen molar-refractivity contribution in [3.63, 3.8) is 0 Å². The van der Waals surface area contributed by atoms with Crippen LogP contribution < -0.4 is 5.73 Å². The van der Waals surface area contributed by atoms with Crippen LogP contribution in [0.2, 0.25) is 0 Å². The van der Waals surface area contributed by atoms with Crippen LogP contribution in [0.5, 0.6) is 0 Å². The molecule has 3 nitrogen and oxygen atoms in total. The van der Waals surface area contributed by atoms with Gasteiger partial charge in [0.25, 0.3) is 0 Å². The zero-order valence-corrected chi connectivity index (χ0v) is 11.6. The van der Waals surface area contributed by atoms with E-state index in [0.29, 0.717) is 31.9 Å². The van der Waals surface area contributed by atoms with Gasteiger partial charge in [-0.2, -0.15) is 0 Å². The van der Waals surface area contributed by atoms with Crippen LogP contribution in [-0.2, 0) is 16.0 Å². The molecule has 0 amide bonds. The van der Waals surface area contributed by atoms with E-state index in [1.807, 2.05) is 12.1 Å². The zero-order chi connectivity index (χ0) is 13.7. The minimum atomic E-state index is -0.0623. The highest BCUT2D eigenvalue weighted by molar-refractivity contribution is 5.79. The van der Waals surface area contributed by atoms with Gasteiger partial charge in [-0.05, 0) is 30.0 Å². The van der Waals surface area contributed by atoms with Gasteiger partial charge in [-0.25, -0.2) is 0 Å². The molecule has 3 heteroatoms. The molecule has 0 bridgehead atoms. The number of hydrogen-bond donors (Lipinski definition) is 1. The maximum Gasteiger partial charge on any atom is 0.136 e. The first kappa shape index (κ1) is 14.2. The Bertz CT molecular complexity index is 427. The van der Waals surface area contributed by atoms with Crippen LogP contribution in [0.4, 0.5) is 0 Å². The van der Waals surface area contributed by atoms with E-state index < -0.39 is 0 Å². The van der Waals surface area contributed by atoms with Gasteiger partial charge in [-0.3, -0.25) is 4.79 Å². The van der Waals surface area contributed by atoms with E-state index in [2.05, 4.69) is 19.1 Å². The second-order valence-electron chi connectivity index (χ2n) is 5.27.